The Morgan fingerprint density at radius 3 is 2.93 bits per heavy atom. The second kappa shape index (κ2) is 8.39. The maximum atomic E-state index is 12.6. The van der Waals surface area contributed by atoms with Crippen LogP contribution in [0.1, 0.15) is 18.5 Å². The Hall–Kier alpha value is -3.28. The number of rotatable bonds is 5. The van der Waals surface area contributed by atoms with E-state index in [-0.39, 0.29) is 23.9 Å². The number of fused-ring (bicyclic) bond motifs is 1. The van der Waals surface area contributed by atoms with Crippen molar-refractivity contribution in [1.29, 1.82) is 0 Å². The number of aromatic amines is 1. The molecule has 1 saturated heterocycles. The van der Waals surface area contributed by atoms with Crippen LogP contribution in [0, 0.1) is 0 Å². The van der Waals surface area contributed by atoms with Crippen LogP contribution in [0.5, 0.6) is 5.75 Å². The Labute approximate surface area is 169 Å². The van der Waals surface area contributed by atoms with Gasteiger partial charge in [0, 0.05) is 42.0 Å². The second-order valence-corrected chi connectivity index (χ2v) is 7.44. The summed E-state index contributed by atoms with van der Waals surface area (Å²) in [4.78, 5) is 29.9. The highest BCUT2D eigenvalue weighted by molar-refractivity contribution is 5.84. The highest BCUT2D eigenvalue weighted by atomic mass is 16.5. The molecular formula is C23H25N3O3. The summed E-state index contributed by atoms with van der Waals surface area (Å²) in [6.45, 7) is 1.71. The van der Waals surface area contributed by atoms with Gasteiger partial charge >= 0.3 is 0 Å². The number of ether oxygens (including phenoxy) is 1. The minimum atomic E-state index is -0.159. The number of hydrogen-bond acceptors (Lipinski definition) is 4. The minimum absolute atomic E-state index is 0.0755. The summed E-state index contributed by atoms with van der Waals surface area (Å²) in [5, 5.41) is 4.61. The van der Waals surface area contributed by atoms with E-state index in [1.807, 2.05) is 42.5 Å². The first-order valence-electron chi connectivity index (χ1n) is 9.92. The summed E-state index contributed by atoms with van der Waals surface area (Å²) in [6, 6.07) is 17.3. The summed E-state index contributed by atoms with van der Waals surface area (Å²) < 4.78 is 5.32. The molecule has 0 radical (unpaired) electrons. The topological polar surface area (TPSA) is 74.4 Å². The number of H-pyrrole nitrogens is 1. The van der Waals surface area contributed by atoms with Crippen molar-refractivity contribution in [3.8, 4) is 5.75 Å². The Kier molecular flexibility index (Phi) is 5.51. The van der Waals surface area contributed by atoms with Crippen LogP contribution in [-0.4, -0.2) is 37.1 Å². The fourth-order valence-electron chi connectivity index (χ4n) is 3.95. The molecule has 4 rings (SSSR count). The van der Waals surface area contributed by atoms with Crippen LogP contribution >= 0.6 is 0 Å². The Balaban J connectivity index is 1.41. The molecule has 0 saturated carbocycles. The first-order valence-corrected chi connectivity index (χ1v) is 9.92. The lowest BCUT2D eigenvalue weighted by Crippen LogP contribution is -2.48. The molecular weight excluding hydrogens is 366 g/mol. The molecule has 0 aliphatic carbocycles. The van der Waals surface area contributed by atoms with E-state index in [9.17, 15) is 9.59 Å². The Bertz CT molecular complexity index is 1080. The molecule has 1 amide bonds. The molecule has 2 N–H and O–H groups in total. The number of nitrogens with one attached hydrogen (secondary N) is 2. The zero-order chi connectivity index (χ0) is 20.2. The maximum Gasteiger partial charge on any atom is 0.256 e. The molecule has 0 bridgehead atoms. The fourth-order valence-corrected chi connectivity index (χ4v) is 3.95. The number of piperidine rings is 1. The van der Waals surface area contributed by atoms with E-state index in [2.05, 4.69) is 21.3 Å². The Morgan fingerprint density at radius 1 is 1.21 bits per heavy atom. The molecule has 1 unspecified atom stereocenters. The van der Waals surface area contributed by atoms with Crippen LogP contribution < -0.4 is 20.5 Å². The minimum Gasteiger partial charge on any atom is -0.497 e. The van der Waals surface area contributed by atoms with Gasteiger partial charge < -0.3 is 19.9 Å². The number of nitrogens with zero attached hydrogens (tertiary/aromatic N) is 1. The summed E-state index contributed by atoms with van der Waals surface area (Å²) in [7, 11) is 1.66. The standard InChI is InChI=1S/C23H25N3O3/c1-29-20-9-4-8-19(14-20)26-11-5-7-17(15-26)24-22(27)13-18-12-16-6-2-3-10-21(16)23(28)25-18/h2-4,6,8-10,12,14,17H,5,7,11,13,15H2,1H3,(H,24,27)(H,25,28). The van der Waals surface area contributed by atoms with Crippen molar-refractivity contribution in [1.82, 2.24) is 10.3 Å². The predicted molar refractivity (Wildman–Crippen MR) is 115 cm³/mol. The average Bonchev–Trinajstić information content (AvgIpc) is 2.74. The van der Waals surface area contributed by atoms with Crippen LogP contribution in [0.4, 0.5) is 5.69 Å². The van der Waals surface area contributed by atoms with Crippen LogP contribution in [0.15, 0.2) is 59.4 Å². The van der Waals surface area contributed by atoms with Gasteiger partial charge in [0.2, 0.25) is 5.91 Å². The van der Waals surface area contributed by atoms with Crippen LogP contribution in [0.2, 0.25) is 0 Å². The van der Waals surface area contributed by atoms with Crippen molar-refractivity contribution >= 4 is 22.4 Å². The predicted octanol–water partition coefficient (Wildman–Crippen LogP) is 2.86. The molecule has 1 atom stereocenters. The summed E-state index contributed by atoms with van der Waals surface area (Å²) in [5.74, 6) is 0.752. The molecule has 2 aromatic carbocycles. The number of aromatic nitrogens is 1. The van der Waals surface area contributed by atoms with Gasteiger partial charge in [-0.1, -0.05) is 24.3 Å². The van der Waals surface area contributed by atoms with E-state index in [1.165, 1.54) is 0 Å². The third-order valence-electron chi connectivity index (χ3n) is 5.37. The zero-order valence-corrected chi connectivity index (χ0v) is 16.5. The molecule has 150 valence electrons. The number of pyridine rings is 1. The highest BCUT2D eigenvalue weighted by Gasteiger charge is 2.22. The van der Waals surface area contributed by atoms with Crippen molar-refractivity contribution in [3.05, 3.63) is 70.6 Å². The number of methoxy groups -OCH3 is 1. The Morgan fingerprint density at radius 2 is 2.07 bits per heavy atom. The number of benzene rings is 2. The van der Waals surface area contributed by atoms with Crippen LogP contribution in [0.25, 0.3) is 10.8 Å². The lowest BCUT2D eigenvalue weighted by molar-refractivity contribution is -0.121. The first kappa shape index (κ1) is 19.1. The molecule has 6 nitrogen and oxygen atoms in total. The van der Waals surface area contributed by atoms with E-state index in [0.717, 1.165) is 42.8 Å². The summed E-state index contributed by atoms with van der Waals surface area (Å²) in [5.41, 5.74) is 1.57. The fraction of sp³-hybridized carbons (Fsp3) is 0.304. The number of carbonyl (C=O) groups is 1. The van der Waals surface area contributed by atoms with E-state index in [1.54, 1.807) is 13.2 Å². The molecule has 1 aliphatic rings. The van der Waals surface area contributed by atoms with Crippen molar-refractivity contribution in [2.45, 2.75) is 25.3 Å². The monoisotopic (exact) mass is 391 g/mol. The SMILES string of the molecule is COc1cccc(N2CCCC(NC(=O)Cc3cc4ccccc4c(=O)[nH]3)C2)c1. The highest BCUT2D eigenvalue weighted by Crippen LogP contribution is 2.24. The zero-order valence-electron chi connectivity index (χ0n) is 16.5. The van der Waals surface area contributed by atoms with Gasteiger partial charge in [0.15, 0.2) is 0 Å². The lowest BCUT2D eigenvalue weighted by atomic mass is 10.0. The summed E-state index contributed by atoms with van der Waals surface area (Å²) in [6.07, 6.45) is 2.12. The molecule has 6 heteroatoms. The lowest BCUT2D eigenvalue weighted by Gasteiger charge is -2.35. The van der Waals surface area contributed by atoms with E-state index < -0.39 is 0 Å². The second-order valence-electron chi connectivity index (χ2n) is 7.44. The molecule has 2 heterocycles. The van der Waals surface area contributed by atoms with Gasteiger partial charge in [-0.05, 0) is 42.5 Å². The van der Waals surface area contributed by atoms with Crippen molar-refractivity contribution in [3.63, 3.8) is 0 Å². The van der Waals surface area contributed by atoms with Gasteiger partial charge in [-0.2, -0.15) is 0 Å². The number of amides is 1. The van der Waals surface area contributed by atoms with E-state index >= 15 is 0 Å². The largest absolute Gasteiger partial charge is 0.497 e. The third kappa shape index (κ3) is 4.42. The van der Waals surface area contributed by atoms with Gasteiger partial charge in [-0.15, -0.1) is 0 Å². The van der Waals surface area contributed by atoms with Gasteiger partial charge in [-0.25, -0.2) is 0 Å². The molecule has 29 heavy (non-hydrogen) atoms. The quantitative estimate of drug-likeness (QED) is 0.701. The first-order chi connectivity index (χ1) is 14.1. The maximum absolute atomic E-state index is 12.6. The average molecular weight is 391 g/mol. The van der Waals surface area contributed by atoms with Crippen LogP contribution in [-0.2, 0) is 11.2 Å². The van der Waals surface area contributed by atoms with Gasteiger partial charge in [0.1, 0.15) is 5.75 Å². The van der Waals surface area contributed by atoms with E-state index in [4.69, 9.17) is 4.74 Å². The summed E-state index contributed by atoms with van der Waals surface area (Å²) >= 11 is 0. The molecule has 1 aromatic heterocycles. The van der Waals surface area contributed by atoms with Crippen molar-refractivity contribution in [2.24, 2.45) is 0 Å². The number of anilines is 1. The van der Waals surface area contributed by atoms with E-state index in [0.29, 0.717) is 11.1 Å². The number of hydrogen-bond donors (Lipinski definition) is 2. The third-order valence-corrected chi connectivity index (χ3v) is 5.37. The van der Waals surface area contributed by atoms with Crippen LogP contribution in [0.3, 0.4) is 0 Å². The number of carbonyl (C=O) groups excluding carboxylic acids is 1. The van der Waals surface area contributed by atoms with Crippen molar-refractivity contribution < 1.29 is 9.53 Å². The molecule has 3 aromatic rings. The van der Waals surface area contributed by atoms with Gasteiger partial charge in [0.25, 0.3) is 5.56 Å². The molecule has 1 fully saturated rings. The normalized spacial score (nSPS) is 16.6. The molecule has 0 spiro atoms. The molecule has 1 aliphatic heterocycles. The van der Waals surface area contributed by atoms with Crippen molar-refractivity contribution in [2.75, 3.05) is 25.1 Å². The smallest absolute Gasteiger partial charge is 0.256 e. The van der Waals surface area contributed by atoms with Gasteiger partial charge in [-0.3, -0.25) is 9.59 Å². The van der Waals surface area contributed by atoms with Gasteiger partial charge in [0.05, 0.1) is 13.5 Å².